The summed E-state index contributed by atoms with van der Waals surface area (Å²) in [4.78, 5) is 5.18. The van der Waals surface area contributed by atoms with Crippen LogP contribution in [0.5, 0.6) is 11.5 Å². The zero-order chi connectivity index (χ0) is 18.1. The third kappa shape index (κ3) is 3.51. The number of anilines is 1. The molecule has 3 aliphatic rings. The van der Waals surface area contributed by atoms with Crippen LogP contribution in [-0.4, -0.2) is 44.3 Å². The first-order chi connectivity index (χ1) is 13.4. The molecule has 0 atom stereocenters. The Morgan fingerprint density at radius 3 is 2.67 bits per heavy atom. The average Bonchev–Trinajstić information content (AvgIpc) is 3.13. The molecule has 3 heterocycles. The van der Waals surface area contributed by atoms with Crippen molar-refractivity contribution in [2.24, 2.45) is 5.92 Å². The molecular formula is C23H28N2O2. The Labute approximate surface area is 161 Å². The molecule has 0 spiro atoms. The lowest BCUT2D eigenvalue weighted by molar-refractivity contribution is 0.157. The zero-order valence-corrected chi connectivity index (χ0v) is 15.9. The van der Waals surface area contributed by atoms with Crippen LogP contribution in [0.15, 0.2) is 42.5 Å². The number of piperidine rings is 1. The Kier molecular flexibility index (Phi) is 4.66. The maximum absolute atomic E-state index is 5.88. The van der Waals surface area contributed by atoms with Crippen LogP contribution in [0.2, 0.25) is 0 Å². The van der Waals surface area contributed by atoms with Crippen molar-refractivity contribution in [1.82, 2.24) is 4.90 Å². The van der Waals surface area contributed by atoms with Gasteiger partial charge < -0.3 is 14.4 Å². The summed E-state index contributed by atoms with van der Waals surface area (Å²) in [5.41, 5.74) is 4.25. The third-order valence-corrected chi connectivity index (χ3v) is 6.21. The van der Waals surface area contributed by atoms with Gasteiger partial charge in [0.05, 0.1) is 0 Å². The molecule has 3 aliphatic heterocycles. The molecule has 1 saturated heterocycles. The molecule has 4 heteroatoms. The summed E-state index contributed by atoms with van der Waals surface area (Å²) in [6.07, 6.45) is 3.77. The minimum atomic E-state index is 0.654. The summed E-state index contributed by atoms with van der Waals surface area (Å²) in [5.74, 6) is 2.66. The van der Waals surface area contributed by atoms with Crippen LogP contribution in [0, 0.1) is 5.92 Å². The first-order valence-corrected chi connectivity index (χ1v) is 10.3. The number of nitrogens with zero attached hydrogens (tertiary/aromatic N) is 2. The van der Waals surface area contributed by atoms with Gasteiger partial charge in [-0.3, -0.25) is 4.90 Å². The van der Waals surface area contributed by atoms with E-state index in [1.807, 2.05) is 6.07 Å². The minimum Gasteiger partial charge on any atom is -0.486 e. The molecule has 2 aromatic carbocycles. The number of ether oxygens (including phenoxy) is 2. The van der Waals surface area contributed by atoms with E-state index < -0.39 is 0 Å². The van der Waals surface area contributed by atoms with E-state index in [-0.39, 0.29) is 0 Å². The molecule has 0 radical (unpaired) electrons. The van der Waals surface area contributed by atoms with Crippen LogP contribution in [-0.2, 0) is 13.0 Å². The summed E-state index contributed by atoms with van der Waals surface area (Å²) in [7, 11) is 0. The fourth-order valence-electron chi connectivity index (χ4n) is 4.73. The van der Waals surface area contributed by atoms with Gasteiger partial charge in [-0.2, -0.15) is 0 Å². The lowest BCUT2D eigenvalue weighted by atomic mass is 9.95. The van der Waals surface area contributed by atoms with Gasteiger partial charge in [-0.05, 0) is 56.0 Å². The van der Waals surface area contributed by atoms with Gasteiger partial charge >= 0.3 is 0 Å². The van der Waals surface area contributed by atoms with Gasteiger partial charge in [0.15, 0.2) is 11.5 Å². The highest BCUT2D eigenvalue weighted by molar-refractivity contribution is 5.57. The monoisotopic (exact) mass is 364 g/mol. The van der Waals surface area contributed by atoms with E-state index in [2.05, 4.69) is 46.2 Å². The Balaban J connectivity index is 1.17. The van der Waals surface area contributed by atoms with E-state index in [9.17, 15) is 0 Å². The molecule has 0 unspecified atom stereocenters. The van der Waals surface area contributed by atoms with Gasteiger partial charge in [-0.25, -0.2) is 0 Å². The summed E-state index contributed by atoms with van der Waals surface area (Å²) >= 11 is 0. The van der Waals surface area contributed by atoms with Crippen LogP contribution >= 0.6 is 0 Å². The van der Waals surface area contributed by atoms with Crippen molar-refractivity contribution in [3.05, 3.63) is 53.6 Å². The van der Waals surface area contributed by atoms with Crippen molar-refractivity contribution in [1.29, 1.82) is 0 Å². The fraction of sp³-hybridized carbons (Fsp3) is 0.478. The Bertz CT molecular complexity index is 799. The largest absolute Gasteiger partial charge is 0.486 e. The molecule has 0 aromatic heterocycles. The van der Waals surface area contributed by atoms with Crippen LogP contribution in [0.3, 0.4) is 0 Å². The maximum atomic E-state index is 5.88. The molecule has 0 bridgehead atoms. The zero-order valence-electron chi connectivity index (χ0n) is 15.9. The molecule has 27 heavy (non-hydrogen) atoms. The Morgan fingerprint density at radius 1 is 0.889 bits per heavy atom. The first-order valence-electron chi connectivity index (χ1n) is 10.3. The Morgan fingerprint density at radius 2 is 1.74 bits per heavy atom. The van der Waals surface area contributed by atoms with E-state index in [1.165, 1.54) is 62.3 Å². The van der Waals surface area contributed by atoms with Crippen molar-refractivity contribution < 1.29 is 9.47 Å². The number of fused-ring (bicyclic) bond motifs is 2. The summed E-state index contributed by atoms with van der Waals surface area (Å²) in [6, 6.07) is 15.2. The van der Waals surface area contributed by atoms with Crippen molar-refractivity contribution in [2.75, 3.05) is 44.3 Å². The number of hydrogen-bond donors (Lipinski definition) is 0. The van der Waals surface area contributed by atoms with E-state index in [0.717, 1.165) is 24.0 Å². The van der Waals surface area contributed by atoms with E-state index in [1.54, 1.807) is 0 Å². The summed E-state index contributed by atoms with van der Waals surface area (Å²) in [5, 5.41) is 0. The van der Waals surface area contributed by atoms with Crippen molar-refractivity contribution >= 4 is 5.69 Å². The number of rotatable bonds is 4. The van der Waals surface area contributed by atoms with Gasteiger partial charge in [-0.15, -0.1) is 0 Å². The smallest absolute Gasteiger partial charge is 0.165 e. The minimum absolute atomic E-state index is 0.654. The maximum Gasteiger partial charge on any atom is 0.165 e. The van der Waals surface area contributed by atoms with E-state index in [4.69, 9.17) is 9.47 Å². The molecule has 2 aromatic rings. The highest BCUT2D eigenvalue weighted by atomic mass is 16.6. The highest BCUT2D eigenvalue weighted by Crippen LogP contribution is 2.35. The Hall–Kier alpha value is -2.20. The molecule has 0 N–H and O–H groups in total. The molecule has 142 valence electrons. The van der Waals surface area contributed by atoms with Crippen LogP contribution in [0.25, 0.3) is 0 Å². The molecule has 0 amide bonds. The summed E-state index contributed by atoms with van der Waals surface area (Å²) in [6.45, 7) is 7.02. The SMILES string of the molecule is c1ccc2c(c1)CCN2CC1CCN(Cc2cccc3c2OCCO3)CC1. The second kappa shape index (κ2) is 7.43. The van der Waals surface area contributed by atoms with Gasteiger partial charge in [0.25, 0.3) is 0 Å². The standard InChI is InChI=1S/C23H28N2O2/c1-2-6-21-19(4-1)10-13-25(21)16-18-8-11-24(12-9-18)17-20-5-3-7-22-23(20)27-15-14-26-22/h1-7,18H,8-17H2. The normalized spacial score (nSPS) is 19.9. The molecular weight excluding hydrogens is 336 g/mol. The van der Waals surface area contributed by atoms with Crippen molar-refractivity contribution in [2.45, 2.75) is 25.8 Å². The lowest BCUT2D eigenvalue weighted by Crippen LogP contribution is -2.38. The van der Waals surface area contributed by atoms with Crippen LogP contribution in [0.4, 0.5) is 5.69 Å². The predicted octanol–water partition coefficient (Wildman–Crippen LogP) is 3.73. The highest BCUT2D eigenvalue weighted by Gasteiger charge is 2.26. The average molecular weight is 364 g/mol. The number of likely N-dealkylation sites (tertiary alicyclic amines) is 1. The van der Waals surface area contributed by atoms with E-state index >= 15 is 0 Å². The van der Waals surface area contributed by atoms with Crippen LogP contribution < -0.4 is 14.4 Å². The van der Waals surface area contributed by atoms with Gasteiger partial charge in [0, 0.05) is 30.9 Å². The number of benzene rings is 2. The molecule has 5 rings (SSSR count). The van der Waals surface area contributed by atoms with Crippen LogP contribution in [0.1, 0.15) is 24.0 Å². The summed E-state index contributed by atoms with van der Waals surface area (Å²) < 4.78 is 11.6. The number of para-hydroxylation sites is 2. The molecule has 0 saturated carbocycles. The number of hydrogen-bond acceptors (Lipinski definition) is 4. The molecule has 1 fully saturated rings. The van der Waals surface area contributed by atoms with Crippen molar-refractivity contribution in [3.8, 4) is 11.5 Å². The fourth-order valence-corrected chi connectivity index (χ4v) is 4.73. The second-order valence-electron chi connectivity index (χ2n) is 7.99. The molecule has 4 nitrogen and oxygen atoms in total. The first kappa shape index (κ1) is 16.9. The lowest BCUT2D eigenvalue weighted by Gasteiger charge is -2.35. The quantitative estimate of drug-likeness (QED) is 0.825. The topological polar surface area (TPSA) is 24.9 Å². The van der Waals surface area contributed by atoms with Gasteiger partial charge in [-0.1, -0.05) is 30.3 Å². The van der Waals surface area contributed by atoms with Crippen molar-refractivity contribution in [3.63, 3.8) is 0 Å². The second-order valence-corrected chi connectivity index (χ2v) is 7.99. The molecule has 0 aliphatic carbocycles. The van der Waals surface area contributed by atoms with Gasteiger partial charge in [0.1, 0.15) is 13.2 Å². The third-order valence-electron chi connectivity index (χ3n) is 6.21. The van der Waals surface area contributed by atoms with E-state index in [0.29, 0.717) is 13.2 Å². The van der Waals surface area contributed by atoms with Gasteiger partial charge in [0.2, 0.25) is 0 Å². The predicted molar refractivity (Wildman–Crippen MR) is 108 cm³/mol.